The normalized spacial score (nSPS) is 17.5. The summed E-state index contributed by atoms with van der Waals surface area (Å²) in [4.78, 5) is 71.2. The maximum absolute atomic E-state index is 13.3. The van der Waals surface area contributed by atoms with Gasteiger partial charge in [0.05, 0.1) is 23.9 Å². The second kappa shape index (κ2) is 18.2. The molecule has 2 aromatic heterocycles. The number of nitrogens with zero attached hydrogens (tertiary/aromatic N) is 5. The summed E-state index contributed by atoms with van der Waals surface area (Å²) in [6, 6.07) is 14.1. The minimum Gasteiger partial charge on any atom is -0.493 e. The van der Waals surface area contributed by atoms with Gasteiger partial charge in [0.2, 0.25) is 17.7 Å². The summed E-state index contributed by atoms with van der Waals surface area (Å²) in [5.74, 6) is 0.0880. The van der Waals surface area contributed by atoms with E-state index in [9.17, 15) is 24.0 Å². The number of likely N-dealkylation sites (tertiary alicyclic amines) is 1. The maximum atomic E-state index is 13.3. The first-order valence-corrected chi connectivity index (χ1v) is 20.5. The number of imide groups is 2. The van der Waals surface area contributed by atoms with Crippen LogP contribution in [0.15, 0.2) is 54.7 Å². The fraction of sp³-hybridized carbons (Fsp3) is 0.465. The molecule has 58 heavy (non-hydrogen) atoms. The van der Waals surface area contributed by atoms with Crippen LogP contribution >= 0.6 is 0 Å². The first kappa shape index (κ1) is 40.4. The zero-order valence-corrected chi connectivity index (χ0v) is 33.5. The van der Waals surface area contributed by atoms with Gasteiger partial charge in [-0.15, -0.1) is 0 Å². The molecule has 1 unspecified atom stereocenters. The van der Waals surface area contributed by atoms with Gasteiger partial charge >= 0.3 is 0 Å². The van der Waals surface area contributed by atoms with Gasteiger partial charge in [-0.3, -0.25) is 34.2 Å². The molecule has 3 aliphatic rings. The van der Waals surface area contributed by atoms with Crippen LogP contribution in [0, 0.1) is 0 Å². The van der Waals surface area contributed by atoms with Gasteiger partial charge < -0.3 is 25.6 Å². The molecule has 2 fully saturated rings. The number of carbonyl (C=O) groups excluding carboxylic acids is 5. The van der Waals surface area contributed by atoms with Crippen molar-refractivity contribution in [1.82, 2.24) is 29.7 Å². The molecule has 7 rings (SSSR count). The quantitative estimate of drug-likeness (QED) is 0.0758. The summed E-state index contributed by atoms with van der Waals surface area (Å²) in [5, 5.41) is 17.1. The number of hydrogen-bond acceptors (Lipinski definition) is 11. The number of ether oxygens (including phenoxy) is 1. The molecule has 0 aliphatic carbocycles. The Bertz CT molecular complexity index is 2160. The summed E-state index contributed by atoms with van der Waals surface area (Å²) in [5.41, 5.74) is 4.13. The number of anilines is 3. The largest absolute Gasteiger partial charge is 0.493 e. The number of hydrogen-bond donors (Lipinski definition) is 4. The van der Waals surface area contributed by atoms with Gasteiger partial charge in [-0.25, -0.2) is 4.98 Å². The van der Waals surface area contributed by atoms with Crippen LogP contribution in [-0.2, 0) is 20.9 Å². The Balaban J connectivity index is 0.817. The third kappa shape index (κ3) is 9.31. The third-order valence-electron chi connectivity index (χ3n) is 11.1. The first-order valence-electron chi connectivity index (χ1n) is 20.5. The molecule has 0 saturated carbocycles. The van der Waals surface area contributed by atoms with Crippen LogP contribution in [0.25, 0.3) is 5.65 Å². The second-order valence-corrected chi connectivity index (χ2v) is 15.8. The summed E-state index contributed by atoms with van der Waals surface area (Å²) < 4.78 is 7.81. The highest BCUT2D eigenvalue weighted by Crippen LogP contribution is 2.34. The van der Waals surface area contributed by atoms with Crippen LogP contribution in [0.1, 0.15) is 116 Å². The Morgan fingerprint density at radius 2 is 1.71 bits per heavy atom. The highest BCUT2D eigenvalue weighted by atomic mass is 16.5. The molecule has 4 N–H and O–H groups in total. The molecule has 5 heterocycles. The summed E-state index contributed by atoms with van der Waals surface area (Å²) in [7, 11) is 2.16. The molecule has 4 aromatic rings. The Morgan fingerprint density at radius 1 is 0.948 bits per heavy atom. The van der Waals surface area contributed by atoms with Crippen molar-refractivity contribution < 1.29 is 28.7 Å². The van der Waals surface area contributed by atoms with Crippen molar-refractivity contribution in [1.29, 1.82) is 0 Å². The van der Waals surface area contributed by atoms with E-state index in [1.807, 2.05) is 41.0 Å². The van der Waals surface area contributed by atoms with Crippen LogP contribution in [0.3, 0.4) is 0 Å². The number of rotatable bonds is 17. The molecule has 5 amide bonds. The molecule has 0 bridgehead atoms. The van der Waals surface area contributed by atoms with Gasteiger partial charge in [0, 0.05) is 42.7 Å². The molecule has 306 valence electrons. The number of unbranched alkanes of at least 4 members (excludes halogenated alkanes) is 4. The van der Waals surface area contributed by atoms with Crippen molar-refractivity contribution in [3.8, 4) is 5.75 Å². The van der Waals surface area contributed by atoms with E-state index in [4.69, 9.17) is 9.72 Å². The molecule has 1 atom stereocenters. The molecule has 15 heteroatoms. The molecule has 15 nitrogen and oxygen atoms in total. The van der Waals surface area contributed by atoms with E-state index in [0.29, 0.717) is 37.3 Å². The second-order valence-electron chi connectivity index (χ2n) is 15.8. The minimum absolute atomic E-state index is 0.0267. The number of amides is 5. The van der Waals surface area contributed by atoms with Gasteiger partial charge in [-0.2, -0.15) is 9.61 Å². The Kier molecular flexibility index (Phi) is 12.7. The van der Waals surface area contributed by atoms with E-state index in [1.165, 1.54) is 0 Å². The van der Waals surface area contributed by atoms with Crippen LogP contribution < -0.4 is 26.0 Å². The van der Waals surface area contributed by atoms with E-state index in [1.54, 1.807) is 18.2 Å². The zero-order chi connectivity index (χ0) is 40.8. The molecule has 2 saturated heterocycles. The summed E-state index contributed by atoms with van der Waals surface area (Å²) in [6.07, 6.45) is 8.82. The van der Waals surface area contributed by atoms with Crippen molar-refractivity contribution in [3.63, 3.8) is 0 Å². The number of fused-ring (bicyclic) bond motifs is 2. The predicted molar refractivity (Wildman–Crippen MR) is 220 cm³/mol. The third-order valence-corrected chi connectivity index (χ3v) is 11.1. The highest BCUT2D eigenvalue weighted by molar-refractivity contribution is 6.24. The topological polar surface area (TPSA) is 179 Å². The van der Waals surface area contributed by atoms with E-state index >= 15 is 0 Å². The zero-order valence-electron chi connectivity index (χ0n) is 33.5. The van der Waals surface area contributed by atoms with E-state index in [-0.39, 0.29) is 29.9 Å². The average molecular weight is 792 g/mol. The van der Waals surface area contributed by atoms with E-state index < -0.39 is 29.7 Å². The fourth-order valence-electron chi connectivity index (χ4n) is 7.78. The van der Waals surface area contributed by atoms with Gasteiger partial charge in [0.1, 0.15) is 23.4 Å². The van der Waals surface area contributed by atoms with Gasteiger partial charge in [0.25, 0.3) is 11.8 Å². The Labute approximate surface area is 338 Å². The monoisotopic (exact) mass is 791 g/mol. The van der Waals surface area contributed by atoms with Crippen molar-refractivity contribution in [2.75, 3.05) is 42.7 Å². The number of carbonyl (C=O) groups is 5. The molecule has 2 aromatic carbocycles. The summed E-state index contributed by atoms with van der Waals surface area (Å²) in [6.45, 7) is 7.38. The smallest absolute Gasteiger partial charge is 0.266 e. The van der Waals surface area contributed by atoms with Crippen molar-refractivity contribution in [3.05, 3.63) is 77.0 Å². The van der Waals surface area contributed by atoms with E-state index in [0.717, 1.165) is 97.0 Å². The van der Waals surface area contributed by atoms with Gasteiger partial charge in [-0.05, 0) is 88.0 Å². The lowest BCUT2D eigenvalue weighted by atomic mass is 10.0. The van der Waals surface area contributed by atoms with Crippen LogP contribution in [0.2, 0.25) is 0 Å². The van der Waals surface area contributed by atoms with Crippen LogP contribution in [-0.4, -0.2) is 92.8 Å². The van der Waals surface area contributed by atoms with Gasteiger partial charge in [0.15, 0.2) is 5.65 Å². The maximum Gasteiger partial charge on any atom is 0.266 e. The van der Waals surface area contributed by atoms with Crippen molar-refractivity contribution in [2.45, 2.75) is 103 Å². The lowest BCUT2D eigenvalue weighted by molar-refractivity contribution is -0.136. The van der Waals surface area contributed by atoms with Crippen LogP contribution in [0.4, 0.5) is 17.3 Å². The first-order chi connectivity index (χ1) is 28.0. The van der Waals surface area contributed by atoms with Crippen molar-refractivity contribution >= 4 is 52.5 Å². The predicted octanol–water partition coefficient (Wildman–Crippen LogP) is 5.73. The molecule has 0 spiro atoms. The standard InChI is InChI=1S/C43H53N9O6/c1-27(2)32-26-45-52-36(24-35(48-40(32)52)46-30-19-21-50(3)22-20-30)44-25-28-13-15-29(16-14-28)47-37(53)12-7-5-4-6-8-23-58-34-11-9-10-31-39(34)43(57)51(42(31)56)33-17-18-38(54)49-41(33)55/h9-11,13-16,24,26-27,30,33,44H,4-8,12,17-23,25H2,1-3H3,(H,46,48)(H,47,53)(H,49,54,55). The molecule has 0 radical (unpaired) electrons. The SMILES string of the molecule is CC(C)c1cnn2c(NCc3ccc(NC(=O)CCCCCCCOc4cccc5c4C(=O)N(C4CCC(=O)NC4=O)C5=O)cc3)cc(NC3CCN(C)CC3)nc12. The van der Waals surface area contributed by atoms with Crippen molar-refractivity contribution in [2.24, 2.45) is 0 Å². The fourth-order valence-corrected chi connectivity index (χ4v) is 7.78. The lowest BCUT2D eigenvalue weighted by Gasteiger charge is -2.30. The van der Waals surface area contributed by atoms with Gasteiger partial charge in [-0.1, -0.05) is 51.3 Å². The van der Waals surface area contributed by atoms with E-state index in [2.05, 4.69) is 52.2 Å². The highest BCUT2D eigenvalue weighted by Gasteiger charge is 2.46. The Hall–Kier alpha value is -5.83. The average Bonchev–Trinajstić information content (AvgIpc) is 3.75. The number of benzene rings is 2. The Morgan fingerprint density at radius 3 is 2.47 bits per heavy atom. The molecule has 3 aliphatic heterocycles. The number of aromatic nitrogens is 3. The lowest BCUT2D eigenvalue weighted by Crippen LogP contribution is -2.54. The van der Waals surface area contributed by atoms with Crippen LogP contribution in [0.5, 0.6) is 5.75 Å². The summed E-state index contributed by atoms with van der Waals surface area (Å²) >= 11 is 0. The minimum atomic E-state index is -1.02. The number of piperidine rings is 2. The molecular formula is C43H53N9O6. The molecular weight excluding hydrogens is 739 g/mol. The number of nitrogens with one attached hydrogen (secondary N) is 4.